The van der Waals surface area contributed by atoms with Gasteiger partial charge in [-0.3, -0.25) is 0 Å². The number of hydrogen-bond acceptors (Lipinski definition) is 3. The summed E-state index contributed by atoms with van der Waals surface area (Å²) in [5.74, 6) is 0. The van der Waals surface area contributed by atoms with E-state index in [0.29, 0.717) is 6.42 Å². The second kappa shape index (κ2) is 20.3. The molecular formula is C32H50F3N3. The van der Waals surface area contributed by atoms with Crippen LogP contribution in [0.3, 0.4) is 0 Å². The van der Waals surface area contributed by atoms with Crippen LogP contribution < -0.4 is 11.5 Å². The largest absolute Gasteiger partial charge is 0.417 e. The first-order valence-electron chi connectivity index (χ1n) is 14.0. The molecule has 1 aliphatic heterocycles. The first-order chi connectivity index (χ1) is 18.3. The Labute approximate surface area is 229 Å². The van der Waals surface area contributed by atoms with Gasteiger partial charge in [0.2, 0.25) is 0 Å². The number of unbranched alkanes of at least 4 members (excludes halogenated alkanes) is 2. The van der Waals surface area contributed by atoms with E-state index in [1.165, 1.54) is 56.0 Å². The van der Waals surface area contributed by atoms with Crippen molar-refractivity contribution < 1.29 is 13.2 Å². The van der Waals surface area contributed by atoms with E-state index >= 15 is 0 Å². The topological polar surface area (TPSA) is 55.3 Å². The number of likely N-dealkylation sites (tertiary alicyclic amines) is 1. The summed E-state index contributed by atoms with van der Waals surface area (Å²) < 4.78 is 40.2. The monoisotopic (exact) mass is 533 g/mol. The van der Waals surface area contributed by atoms with E-state index in [1.807, 2.05) is 26.0 Å². The van der Waals surface area contributed by atoms with E-state index in [2.05, 4.69) is 49.6 Å². The van der Waals surface area contributed by atoms with Crippen LogP contribution in [0, 0.1) is 6.92 Å². The predicted octanol–water partition coefficient (Wildman–Crippen LogP) is 8.72. The molecule has 6 heteroatoms. The number of aryl methyl sites for hydroxylation is 1. The number of nitrogens with two attached hydrogens (primary N) is 2. The number of piperidine rings is 1. The molecule has 0 radical (unpaired) electrons. The lowest BCUT2D eigenvalue weighted by molar-refractivity contribution is -0.137. The lowest BCUT2D eigenvalue weighted by Gasteiger charge is -2.30. The lowest BCUT2D eigenvalue weighted by atomic mass is 10.0. The molecule has 4 N–H and O–H groups in total. The van der Waals surface area contributed by atoms with Crippen molar-refractivity contribution in [2.75, 3.05) is 20.1 Å². The Bertz CT molecular complexity index is 941. The molecule has 3 rings (SSSR count). The molecule has 1 saturated heterocycles. The molecule has 214 valence electrons. The number of alkyl halides is 3. The maximum Gasteiger partial charge on any atom is 0.417 e. The summed E-state index contributed by atoms with van der Waals surface area (Å²) in [4.78, 5) is 2.23. The number of allylic oxidation sites excluding steroid dienone is 2. The van der Waals surface area contributed by atoms with Crippen LogP contribution in [0.25, 0.3) is 5.70 Å². The van der Waals surface area contributed by atoms with Gasteiger partial charge in [-0.1, -0.05) is 95.5 Å². The summed E-state index contributed by atoms with van der Waals surface area (Å²) in [5.41, 5.74) is 13.4. The van der Waals surface area contributed by atoms with Gasteiger partial charge in [-0.05, 0) is 62.9 Å². The fraction of sp³-hybridized carbons (Fsp3) is 0.500. The van der Waals surface area contributed by atoms with E-state index in [4.69, 9.17) is 5.73 Å². The summed E-state index contributed by atoms with van der Waals surface area (Å²) in [5, 5.41) is 0. The van der Waals surface area contributed by atoms with Crippen LogP contribution in [-0.2, 0) is 12.6 Å². The lowest BCUT2D eigenvalue weighted by Crippen LogP contribution is -2.29. The van der Waals surface area contributed by atoms with Crippen molar-refractivity contribution in [1.29, 1.82) is 0 Å². The van der Waals surface area contributed by atoms with Gasteiger partial charge in [0.25, 0.3) is 0 Å². The molecule has 0 amide bonds. The molecule has 3 nitrogen and oxygen atoms in total. The quantitative estimate of drug-likeness (QED) is 0.350. The van der Waals surface area contributed by atoms with Gasteiger partial charge in [0.05, 0.1) is 5.56 Å². The number of halogens is 3. The molecule has 0 unspecified atom stereocenters. The summed E-state index contributed by atoms with van der Waals surface area (Å²) in [6.45, 7) is 12.3. The Morgan fingerprint density at radius 1 is 0.895 bits per heavy atom. The highest BCUT2D eigenvalue weighted by Gasteiger charge is 2.33. The third-order valence-corrected chi connectivity index (χ3v) is 6.07. The Morgan fingerprint density at radius 2 is 1.45 bits per heavy atom. The highest BCUT2D eigenvalue weighted by Crippen LogP contribution is 2.34. The number of benzene rings is 2. The zero-order chi connectivity index (χ0) is 29.0. The summed E-state index contributed by atoms with van der Waals surface area (Å²) in [7, 11) is 1.50. The minimum absolute atomic E-state index is 0.0267. The van der Waals surface area contributed by atoms with Crippen LogP contribution in [0.1, 0.15) is 88.5 Å². The maximum absolute atomic E-state index is 13.4. The van der Waals surface area contributed by atoms with Crippen LogP contribution in [0.4, 0.5) is 13.2 Å². The molecular weight excluding hydrogens is 483 g/mol. The van der Waals surface area contributed by atoms with Crippen molar-refractivity contribution in [3.63, 3.8) is 0 Å². The van der Waals surface area contributed by atoms with Crippen LogP contribution in [0.2, 0.25) is 0 Å². The van der Waals surface area contributed by atoms with Gasteiger partial charge in [-0.2, -0.15) is 13.2 Å². The van der Waals surface area contributed by atoms with E-state index in [-0.39, 0.29) is 11.3 Å². The molecule has 1 fully saturated rings. The third kappa shape index (κ3) is 12.7. The smallest absolute Gasteiger partial charge is 0.398 e. The molecule has 1 aliphatic rings. The van der Waals surface area contributed by atoms with Gasteiger partial charge in [-0.25, -0.2) is 0 Å². The van der Waals surface area contributed by atoms with Crippen molar-refractivity contribution in [2.45, 2.75) is 85.7 Å². The van der Waals surface area contributed by atoms with Gasteiger partial charge in [0, 0.05) is 30.0 Å². The average molecular weight is 534 g/mol. The average Bonchev–Trinajstić information content (AvgIpc) is 2.95. The Kier molecular flexibility index (Phi) is 18.8. The molecule has 2 aromatic carbocycles. The molecule has 38 heavy (non-hydrogen) atoms. The standard InChI is InChI=1S/C24H27F3N2.C5H12.C2H6.CH5N/c1-18-9-3-4-10-19(18)13-14-20(29-15-7-2-8-16-29)17-23(28)21-11-5-6-12-22(21)24(25,26)27;1-3-5-4-2;2*1-2/h3-6,9-12,14,17H,2,7-8,13,15-16,28H2,1H3;3-5H2,1-2H3;1-2H3;2H2,1H3/b20-14+,23-17-;;;. The first-order valence-corrected chi connectivity index (χ1v) is 14.0. The molecule has 2 aromatic rings. The molecule has 0 spiro atoms. The van der Waals surface area contributed by atoms with Crippen molar-refractivity contribution >= 4 is 5.70 Å². The van der Waals surface area contributed by atoms with Gasteiger partial charge in [0.15, 0.2) is 0 Å². The van der Waals surface area contributed by atoms with Crippen LogP contribution >= 0.6 is 0 Å². The minimum Gasteiger partial charge on any atom is -0.398 e. The highest BCUT2D eigenvalue weighted by atomic mass is 19.4. The van der Waals surface area contributed by atoms with Crippen molar-refractivity contribution in [2.24, 2.45) is 11.5 Å². The normalized spacial score (nSPS) is 13.8. The highest BCUT2D eigenvalue weighted by molar-refractivity contribution is 5.68. The van der Waals surface area contributed by atoms with E-state index in [9.17, 15) is 13.2 Å². The zero-order valence-electron chi connectivity index (χ0n) is 24.4. The minimum atomic E-state index is -4.44. The SMILES string of the molecule is CC.CCCCC.CN.Cc1ccccc1C/C=C(\C=C(/N)c1ccccc1C(F)(F)F)N1CCCCC1. The fourth-order valence-electron chi connectivity index (χ4n) is 4.06. The summed E-state index contributed by atoms with van der Waals surface area (Å²) in [6.07, 6.45) is 7.47. The van der Waals surface area contributed by atoms with E-state index < -0.39 is 11.7 Å². The zero-order valence-corrected chi connectivity index (χ0v) is 24.4. The second-order valence-corrected chi connectivity index (χ2v) is 8.80. The Morgan fingerprint density at radius 3 is 1.97 bits per heavy atom. The molecule has 0 aliphatic carbocycles. The Balaban J connectivity index is 0.00000134. The second-order valence-electron chi connectivity index (χ2n) is 8.80. The Hall–Kier alpha value is -2.73. The summed E-state index contributed by atoms with van der Waals surface area (Å²) >= 11 is 0. The third-order valence-electron chi connectivity index (χ3n) is 6.07. The molecule has 0 bridgehead atoms. The molecule has 1 heterocycles. The van der Waals surface area contributed by atoms with Crippen molar-refractivity contribution in [3.8, 4) is 0 Å². The van der Waals surface area contributed by atoms with Gasteiger partial charge >= 0.3 is 6.18 Å². The number of rotatable bonds is 7. The van der Waals surface area contributed by atoms with Crippen molar-refractivity contribution in [3.05, 3.63) is 88.6 Å². The van der Waals surface area contributed by atoms with E-state index in [0.717, 1.165) is 37.7 Å². The van der Waals surface area contributed by atoms with Crippen molar-refractivity contribution in [1.82, 2.24) is 4.90 Å². The van der Waals surface area contributed by atoms with Gasteiger partial charge in [-0.15, -0.1) is 0 Å². The fourth-order valence-corrected chi connectivity index (χ4v) is 4.06. The van der Waals surface area contributed by atoms with Crippen LogP contribution in [-0.4, -0.2) is 25.0 Å². The summed E-state index contributed by atoms with van der Waals surface area (Å²) in [6, 6.07) is 13.6. The first kappa shape index (κ1) is 35.3. The molecule has 0 aromatic heterocycles. The van der Waals surface area contributed by atoms with Crippen LogP contribution in [0.15, 0.2) is 66.4 Å². The van der Waals surface area contributed by atoms with E-state index in [1.54, 1.807) is 12.1 Å². The molecule has 0 atom stereocenters. The number of nitrogens with zero attached hydrogens (tertiary/aromatic N) is 1. The number of hydrogen-bond donors (Lipinski definition) is 2. The van der Waals surface area contributed by atoms with Gasteiger partial charge < -0.3 is 16.4 Å². The van der Waals surface area contributed by atoms with Crippen LogP contribution in [0.5, 0.6) is 0 Å². The predicted molar refractivity (Wildman–Crippen MR) is 159 cm³/mol. The van der Waals surface area contributed by atoms with Gasteiger partial charge in [0.1, 0.15) is 0 Å². The maximum atomic E-state index is 13.4. The molecule has 0 saturated carbocycles.